The lowest BCUT2D eigenvalue weighted by Crippen LogP contribution is -2.25. The Hall–Kier alpha value is -0.160. The van der Waals surface area contributed by atoms with Crippen LogP contribution in [0.4, 0.5) is 0 Å². The normalized spacial score (nSPS) is 13.2. The van der Waals surface area contributed by atoms with Crippen molar-refractivity contribution in [3.05, 3.63) is 0 Å². The summed E-state index contributed by atoms with van der Waals surface area (Å²) in [7, 11) is 0. The van der Waals surface area contributed by atoms with Crippen molar-refractivity contribution in [2.24, 2.45) is 0 Å². The van der Waals surface area contributed by atoms with E-state index in [2.05, 4.69) is 5.32 Å². The van der Waals surface area contributed by atoms with E-state index in [0.29, 0.717) is 19.8 Å². The zero-order valence-electron chi connectivity index (χ0n) is 7.88. The van der Waals surface area contributed by atoms with Gasteiger partial charge in [-0.05, 0) is 13.8 Å². The highest BCUT2D eigenvalue weighted by Gasteiger charge is 1.98. The molecule has 0 radical (unpaired) electrons. The van der Waals surface area contributed by atoms with E-state index in [1.165, 1.54) is 0 Å². The molecule has 12 heavy (non-hydrogen) atoms. The Morgan fingerprint density at radius 2 is 2.08 bits per heavy atom. The molecule has 1 unspecified atom stereocenters. The fourth-order valence-electron chi connectivity index (χ4n) is 0.784. The molecule has 0 saturated heterocycles. The van der Waals surface area contributed by atoms with Crippen molar-refractivity contribution >= 4 is 0 Å². The molecule has 0 rings (SSSR count). The Bertz CT molecular complexity index is 90.4. The molecule has 0 bridgehead atoms. The molecule has 0 fully saturated rings. The lowest BCUT2D eigenvalue weighted by atomic mass is 10.6. The van der Waals surface area contributed by atoms with E-state index in [-0.39, 0.29) is 12.9 Å². The summed E-state index contributed by atoms with van der Waals surface area (Å²) in [5, 5.41) is 11.4. The smallest absolute Gasteiger partial charge is 0.154 e. The van der Waals surface area contributed by atoms with Gasteiger partial charge in [-0.25, -0.2) is 0 Å². The van der Waals surface area contributed by atoms with Crippen LogP contribution in [0, 0.1) is 0 Å². The summed E-state index contributed by atoms with van der Waals surface area (Å²) in [6, 6.07) is 0. The maximum absolute atomic E-state index is 8.43. The van der Waals surface area contributed by atoms with Gasteiger partial charge >= 0.3 is 0 Å². The van der Waals surface area contributed by atoms with Gasteiger partial charge in [0, 0.05) is 19.7 Å². The minimum Gasteiger partial charge on any atom is -0.395 e. The van der Waals surface area contributed by atoms with Crippen molar-refractivity contribution in [1.82, 2.24) is 5.32 Å². The summed E-state index contributed by atoms with van der Waals surface area (Å²) >= 11 is 0. The average molecular weight is 177 g/mol. The fraction of sp³-hybridized carbons (Fsp3) is 1.00. The molecule has 4 heteroatoms. The minimum absolute atomic E-state index is 0.133. The highest BCUT2D eigenvalue weighted by atomic mass is 16.7. The van der Waals surface area contributed by atoms with Crippen LogP contribution in [0.2, 0.25) is 0 Å². The lowest BCUT2D eigenvalue weighted by molar-refractivity contribution is -0.125. The molecule has 0 aromatic rings. The maximum Gasteiger partial charge on any atom is 0.154 e. The van der Waals surface area contributed by atoms with Crippen LogP contribution in [0.15, 0.2) is 0 Å². The summed E-state index contributed by atoms with van der Waals surface area (Å²) < 4.78 is 10.4. The molecule has 0 saturated carbocycles. The van der Waals surface area contributed by atoms with Crippen LogP contribution in [0.1, 0.15) is 13.8 Å². The van der Waals surface area contributed by atoms with Crippen LogP contribution < -0.4 is 5.32 Å². The minimum atomic E-state index is -0.133. The third-order valence-electron chi connectivity index (χ3n) is 1.32. The highest BCUT2D eigenvalue weighted by molar-refractivity contribution is 4.43. The number of rotatable bonds is 8. The van der Waals surface area contributed by atoms with E-state index in [0.717, 1.165) is 6.54 Å². The second kappa shape index (κ2) is 8.93. The molecular formula is C8H19NO3. The van der Waals surface area contributed by atoms with Crippen LogP contribution >= 0.6 is 0 Å². The first kappa shape index (κ1) is 11.8. The highest BCUT2D eigenvalue weighted by Crippen LogP contribution is 1.90. The second-order valence-electron chi connectivity index (χ2n) is 2.37. The number of aliphatic hydroxyl groups excluding tert-OH is 1. The van der Waals surface area contributed by atoms with Gasteiger partial charge in [0.15, 0.2) is 6.29 Å². The Morgan fingerprint density at radius 3 is 2.67 bits per heavy atom. The van der Waals surface area contributed by atoms with Gasteiger partial charge < -0.3 is 19.9 Å². The Balaban J connectivity index is 2.97. The molecule has 0 heterocycles. The molecular weight excluding hydrogens is 158 g/mol. The largest absolute Gasteiger partial charge is 0.395 e. The van der Waals surface area contributed by atoms with Crippen LogP contribution in [-0.2, 0) is 9.47 Å². The summed E-state index contributed by atoms with van der Waals surface area (Å²) in [6.07, 6.45) is -0.133. The summed E-state index contributed by atoms with van der Waals surface area (Å²) in [5.74, 6) is 0. The van der Waals surface area contributed by atoms with Gasteiger partial charge in [-0.1, -0.05) is 0 Å². The predicted molar refractivity (Wildman–Crippen MR) is 47.0 cm³/mol. The molecule has 0 aromatic heterocycles. The number of hydrogen-bond donors (Lipinski definition) is 2. The average Bonchev–Trinajstić information content (AvgIpc) is 2.05. The van der Waals surface area contributed by atoms with Gasteiger partial charge in [0.05, 0.1) is 13.2 Å². The predicted octanol–water partition coefficient (Wildman–Crippen LogP) is -0.0326. The van der Waals surface area contributed by atoms with Gasteiger partial charge in [0.2, 0.25) is 0 Å². The third-order valence-corrected chi connectivity index (χ3v) is 1.32. The standard InChI is InChI=1S/C8H19NO3/c1-3-11-8(2)12-7-5-9-4-6-10/h8-10H,3-7H2,1-2H3. The second-order valence-corrected chi connectivity index (χ2v) is 2.37. The van der Waals surface area contributed by atoms with Gasteiger partial charge in [0.1, 0.15) is 0 Å². The molecule has 4 nitrogen and oxygen atoms in total. The molecule has 74 valence electrons. The van der Waals surface area contributed by atoms with Crippen molar-refractivity contribution in [1.29, 1.82) is 0 Å². The Kier molecular flexibility index (Phi) is 8.81. The quantitative estimate of drug-likeness (QED) is 0.404. The number of hydrogen-bond acceptors (Lipinski definition) is 4. The molecule has 0 aliphatic rings. The molecule has 0 spiro atoms. The van der Waals surface area contributed by atoms with E-state index < -0.39 is 0 Å². The third kappa shape index (κ3) is 7.94. The molecule has 0 aromatic carbocycles. The van der Waals surface area contributed by atoms with E-state index in [1.54, 1.807) is 0 Å². The van der Waals surface area contributed by atoms with E-state index in [4.69, 9.17) is 14.6 Å². The molecule has 0 aliphatic carbocycles. The maximum atomic E-state index is 8.43. The first-order valence-corrected chi connectivity index (χ1v) is 4.36. The zero-order valence-corrected chi connectivity index (χ0v) is 7.88. The van der Waals surface area contributed by atoms with Gasteiger partial charge in [-0.2, -0.15) is 0 Å². The molecule has 1 atom stereocenters. The van der Waals surface area contributed by atoms with E-state index in [1.807, 2.05) is 13.8 Å². The van der Waals surface area contributed by atoms with Crippen LogP contribution in [-0.4, -0.2) is 44.3 Å². The van der Waals surface area contributed by atoms with Crippen LogP contribution in [0.5, 0.6) is 0 Å². The number of ether oxygens (including phenoxy) is 2. The number of nitrogens with one attached hydrogen (secondary N) is 1. The molecule has 0 aliphatic heterocycles. The van der Waals surface area contributed by atoms with Crippen molar-refractivity contribution in [3.8, 4) is 0 Å². The molecule has 0 amide bonds. The first-order chi connectivity index (χ1) is 5.81. The summed E-state index contributed by atoms with van der Waals surface area (Å²) in [4.78, 5) is 0. The van der Waals surface area contributed by atoms with Gasteiger partial charge in [-0.15, -0.1) is 0 Å². The fourth-order valence-corrected chi connectivity index (χ4v) is 0.784. The summed E-state index contributed by atoms with van der Waals surface area (Å²) in [5.41, 5.74) is 0. The summed E-state index contributed by atoms with van der Waals surface area (Å²) in [6.45, 7) is 6.62. The monoisotopic (exact) mass is 177 g/mol. The van der Waals surface area contributed by atoms with E-state index in [9.17, 15) is 0 Å². The Labute approximate surface area is 73.9 Å². The SMILES string of the molecule is CCOC(C)OCCNCCO. The molecule has 2 N–H and O–H groups in total. The van der Waals surface area contributed by atoms with Crippen LogP contribution in [0.25, 0.3) is 0 Å². The van der Waals surface area contributed by atoms with Crippen molar-refractivity contribution in [2.75, 3.05) is 32.9 Å². The van der Waals surface area contributed by atoms with Crippen molar-refractivity contribution < 1.29 is 14.6 Å². The van der Waals surface area contributed by atoms with Gasteiger partial charge in [0.25, 0.3) is 0 Å². The topological polar surface area (TPSA) is 50.7 Å². The van der Waals surface area contributed by atoms with Crippen molar-refractivity contribution in [2.45, 2.75) is 20.1 Å². The van der Waals surface area contributed by atoms with Gasteiger partial charge in [-0.3, -0.25) is 0 Å². The van der Waals surface area contributed by atoms with Crippen LogP contribution in [0.3, 0.4) is 0 Å². The first-order valence-electron chi connectivity index (χ1n) is 4.36. The van der Waals surface area contributed by atoms with Crippen molar-refractivity contribution in [3.63, 3.8) is 0 Å². The Morgan fingerprint density at radius 1 is 1.33 bits per heavy atom. The number of aliphatic hydroxyl groups is 1. The van der Waals surface area contributed by atoms with E-state index >= 15 is 0 Å². The zero-order chi connectivity index (χ0) is 9.23. The lowest BCUT2D eigenvalue weighted by Gasteiger charge is -2.12.